The SMILES string of the molecule is CCOC(=O)c1ccc(-c2ccc(C=NNC(=O)c3ccccc3N(Cc3ccccc3)S(=O)(=O)c3ccc(OC)cc3)o2)cc1. The van der Waals surface area contributed by atoms with Gasteiger partial charge in [-0.1, -0.05) is 54.6 Å². The van der Waals surface area contributed by atoms with Gasteiger partial charge in [-0.05, 0) is 73.2 Å². The summed E-state index contributed by atoms with van der Waals surface area (Å²) in [6.45, 7) is 2.02. The summed E-state index contributed by atoms with van der Waals surface area (Å²) in [5.74, 6) is 0.401. The molecule has 0 spiro atoms. The van der Waals surface area contributed by atoms with E-state index in [4.69, 9.17) is 13.9 Å². The first-order valence-corrected chi connectivity index (χ1v) is 15.7. The molecule has 46 heavy (non-hydrogen) atoms. The molecule has 5 rings (SSSR count). The maximum Gasteiger partial charge on any atom is 0.338 e. The number of nitrogens with one attached hydrogen (secondary N) is 1. The van der Waals surface area contributed by atoms with Crippen LogP contribution in [0.2, 0.25) is 0 Å². The van der Waals surface area contributed by atoms with E-state index in [0.29, 0.717) is 29.4 Å². The van der Waals surface area contributed by atoms with Crippen molar-refractivity contribution in [2.24, 2.45) is 5.10 Å². The summed E-state index contributed by atoms with van der Waals surface area (Å²) in [5.41, 5.74) is 4.67. The van der Waals surface area contributed by atoms with Crippen LogP contribution >= 0.6 is 0 Å². The Kier molecular flexibility index (Phi) is 9.94. The molecule has 1 aromatic heterocycles. The number of methoxy groups -OCH3 is 1. The highest BCUT2D eigenvalue weighted by atomic mass is 32.2. The number of hydrazone groups is 1. The summed E-state index contributed by atoms with van der Waals surface area (Å²) in [6.07, 6.45) is 1.34. The summed E-state index contributed by atoms with van der Waals surface area (Å²) >= 11 is 0. The zero-order valence-corrected chi connectivity index (χ0v) is 25.9. The number of nitrogens with zero attached hydrogens (tertiary/aromatic N) is 2. The number of esters is 1. The molecule has 1 N–H and O–H groups in total. The second-order valence-electron chi connectivity index (χ2n) is 9.89. The van der Waals surface area contributed by atoms with E-state index in [1.165, 1.54) is 35.8 Å². The summed E-state index contributed by atoms with van der Waals surface area (Å²) in [6, 6.07) is 31.8. The third-order valence-corrected chi connectivity index (χ3v) is 8.67. The minimum Gasteiger partial charge on any atom is -0.497 e. The lowest BCUT2D eigenvalue weighted by molar-refractivity contribution is 0.0526. The molecule has 0 atom stereocenters. The van der Waals surface area contributed by atoms with Gasteiger partial charge in [-0.2, -0.15) is 5.10 Å². The van der Waals surface area contributed by atoms with Crippen LogP contribution in [0.3, 0.4) is 0 Å². The predicted molar refractivity (Wildman–Crippen MR) is 174 cm³/mol. The second kappa shape index (κ2) is 14.4. The van der Waals surface area contributed by atoms with Crippen LogP contribution in [0.15, 0.2) is 130 Å². The number of rotatable bonds is 12. The number of amides is 1. The van der Waals surface area contributed by atoms with E-state index in [2.05, 4.69) is 10.5 Å². The molecular formula is C35H31N3O7S. The van der Waals surface area contributed by atoms with Crippen molar-refractivity contribution < 1.29 is 31.9 Å². The molecule has 0 saturated carbocycles. The van der Waals surface area contributed by atoms with E-state index in [1.54, 1.807) is 73.7 Å². The van der Waals surface area contributed by atoms with Gasteiger partial charge in [-0.15, -0.1) is 0 Å². The Labute approximate surface area is 266 Å². The number of sulfonamides is 1. The molecule has 4 aromatic carbocycles. The van der Waals surface area contributed by atoms with Crippen molar-refractivity contribution in [2.45, 2.75) is 18.4 Å². The molecule has 0 saturated heterocycles. The first-order valence-electron chi connectivity index (χ1n) is 14.3. The van der Waals surface area contributed by atoms with Gasteiger partial charge in [-0.3, -0.25) is 9.10 Å². The van der Waals surface area contributed by atoms with Crippen LogP contribution in [0.1, 0.15) is 39.0 Å². The molecule has 1 heterocycles. The molecule has 0 fully saturated rings. The second-order valence-corrected chi connectivity index (χ2v) is 11.8. The first-order chi connectivity index (χ1) is 22.3. The van der Waals surface area contributed by atoms with Gasteiger partial charge in [0, 0.05) is 5.56 Å². The Balaban J connectivity index is 1.37. The van der Waals surface area contributed by atoms with Crippen LogP contribution in [0.4, 0.5) is 5.69 Å². The molecule has 0 aliphatic carbocycles. The monoisotopic (exact) mass is 637 g/mol. The van der Waals surface area contributed by atoms with Crippen molar-refractivity contribution in [3.63, 3.8) is 0 Å². The average Bonchev–Trinajstić information content (AvgIpc) is 3.56. The van der Waals surface area contributed by atoms with E-state index in [9.17, 15) is 18.0 Å². The van der Waals surface area contributed by atoms with Crippen LogP contribution in [-0.2, 0) is 21.3 Å². The zero-order chi connectivity index (χ0) is 32.5. The normalized spacial score (nSPS) is 11.3. The molecule has 0 bridgehead atoms. The lowest BCUT2D eigenvalue weighted by Gasteiger charge is -2.26. The van der Waals surface area contributed by atoms with Crippen molar-refractivity contribution in [2.75, 3.05) is 18.0 Å². The number of hydrogen-bond acceptors (Lipinski definition) is 8. The topological polar surface area (TPSA) is 128 Å². The summed E-state index contributed by atoms with van der Waals surface area (Å²) in [4.78, 5) is 25.3. The van der Waals surface area contributed by atoms with E-state index in [-0.39, 0.29) is 22.7 Å². The molecule has 0 aliphatic rings. The van der Waals surface area contributed by atoms with Crippen molar-refractivity contribution in [3.8, 4) is 17.1 Å². The standard InChI is InChI=1S/C35H31N3O7S/c1-3-44-35(40)27-15-13-26(14-16-27)33-22-19-29(45-33)23-36-37-34(39)31-11-7-8-12-32(31)38(24-25-9-5-4-6-10-25)46(41,42)30-20-17-28(43-2)18-21-30/h4-23H,3,24H2,1-2H3,(H,37,39). The van der Waals surface area contributed by atoms with Gasteiger partial charge in [0.2, 0.25) is 0 Å². The summed E-state index contributed by atoms with van der Waals surface area (Å²) < 4.78 is 45.2. The summed E-state index contributed by atoms with van der Waals surface area (Å²) in [7, 11) is -2.61. The largest absolute Gasteiger partial charge is 0.497 e. The number of carbonyl (C=O) groups is 2. The molecule has 10 nitrogen and oxygen atoms in total. The number of carbonyl (C=O) groups excluding carboxylic acids is 2. The number of hydrogen-bond donors (Lipinski definition) is 1. The number of ether oxygens (including phenoxy) is 2. The van der Waals surface area contributed by atoms with E-state index >= 15 is 0 Å². The number of benzene rings is 4. The van der Waals surface area contributed by atoms with Crippen LogP contribution in [-0.4, -0.2) is 40.2 Å². The molecule has 0 aliphatic heterocycles. The maximum absolute atomic E-state index is 14.0. The minimum atomic E-state index is -4.11. The molecule has 1 amide bonds. The van der Waals surface area contributed by atoms with Gasteiger partial charge >= 0.3 is 5.97 Å². The third-order valence-electron chi connectivity index (χ3n) is 6.90. The molecule has 11 heteroatoms. The Hall–Kier alpha value is -5.68. The highest BCUT2D eigenvalue weighted by Crippen LogP contribution is 2.30. The van der Waals surface area contributed by atoms with Crippen molar-refractivity contribution in [1.29, 1.82) is 0 Å². The fourth-order valence-electron chi connectivity index (χ4n) is 4.58. The van der Waals surface area contributed by atoms with E-state index < -0.39 is 21.9 Å². The fourth-order valence-corrected chi connectivity index (χ4v) is 6.06. The van der Waals surface area contributed by atoms with Gasteiger partial charge in [0.15, 0.2) is 0 Å². The fraction of sp³-hybridized carbons (Fsp3) is 0.114. The molecule has 0 radical (unpaired) electrons. The van der Waals surface area contributed by atoms with Gasteiger partial charge in [-0.25, -0.2) is 18.6 Å². The quantitative estimate of drug-likeness (QED) is 0.0967. The number of para-hydroxylation sites is 1. The lowest BCUT2D eigenvalue weighted by atomic mass is 10.1. The Morgan fingerprint density at radius 2 is 1.57 bits per heavy atom. The number of anilines is 1. The van der Waals surface area contributed by atoms with Crippen LogP contribution in [0.25, 0.3) is 11.3 Å². The molecular weight excluding hydrogens is 606 g/mol. The Morgan fingerprint density at radius 1 is 0.870 bits per heavy atom. The summed E-state index contributed by atoms with van der Waals surface area (Å²) in [5, 5.41) is 4.05. The number of furan rings is 1. The van der Waals surface area contributed by atoms with Crippen LogP contribution < -0.4 is 14.5 Å². The maximum atomic E-state index is 14.0. The van der Waals surface area contributed by atoms with Crippen LogP contribution in [0.5, 0.6) is 5.75 Å². The van der Waals surface area contributed by atoms with Gasteiger partial charge in [0.1, 0.15) is 17.3 Å². The predicted octanol–water partition coefficient (Wildman–Crippen LogP) is 6.29. The van der Waals surface area contributed by atoms with Gasteiger partial charge < -0.3 is 13.9 Å². The highest BCUT2D eigenvalue weighted by Gasteiger charge is 2.28. The minimum absolute atomic E-state index is 0.0152. The van der Waals surface area contributed by atoms with Gasteiger partial charge in [0.05, 0.1) is 48.2 Å². The lowest BCUT2D eigenvalue weighted by Crippen LogP contribution is -2.33. The van der Waals surface area contributed by atoms with Crippen molar-refractivity contribution in [1.82, 2.24) is 5.43 Å². The van der Waals surface area contributed by atoms with Gasteiger partial charge in [0.25, 0.3) is 15.9 Å². The molecule has 5 aromatic rings. The van der Waals surface area contributed by atoms with Crippen LogP contribution in [0, 0.1) is 0 Å². The molecule has 234 valence electrons. The van der Waals surface area contributed by atoms with E-state index in [1.807, 2.05) is 30.3 Å². The zero-order valence-electron chi connectivity index (χ0n) is 25.1. The Morgan fingerprint density at radius 3 is 2.26 bits per heavy atom. The molecule has 0 unspecified atom stereocenters. The van der Waals surface area contributed by atoms with Crippen molar-refractivity contribution >= 4 is 33.8 Å². The van der Waals surface area contributed by atoms with E-state index in [0.717, 1.165) is 11.1 Å². The highest BCUT2D eigenvalue weighted by molar-refractivity contribution is 7.92. The Bertz CT molecular complexity index is 1940. The first kappa shape index (κ1) is 31.7. The third kappa shape index (κ3) is 7.33. The smallest absolute Gasteiger partial charge is 0.338 e. The van der Waals surface area contributed by atoms with Crippen molar-refractivity contribution in [3.05, 3.63) is 138 Å². The average molecular weight is 638 g/mol.